The van der Waals surface area contributed by atoms with E-state index >= 15 is 0 Å². The van der Waals surface area contributed by atoms with Crippen molar-refractivity contribution >= 4 is 34.5 Å². The Balaban J connectivity index is 1.92. The Morgan fingerprint density at radius 1 is 0.861 bits per heavy atom. The Hall–Kier alpha value is -3.41. The molecule has 0 saturated heterocycles. The SMILES string of the molecule is CCc1cc(C(F)(C(F)(F)F)C(F)(F)F)cc(C)c1NC(=O)c1cccc(NC(=O)c2cccs2)c1. The van der Waals surface area contributed by atoms with E-state index in [1.165, 1.54) is 49.4 Å². The van der Waals surface area contributed by atoms with Gasteiger partial charge in [0.2, 0.25) is 0 Å². The molecule has 1 heterocycles. The maximum Gasteiger partial charge on any atom is 0.435 e. The minimum Gasteiger partial charge on any atom is -0.321 e. The highest BCUT2D eigenvalue weighted by Crippen LogP contribution is 2.53. The number of hydrogen-bond acceptors (Lipinski definition) is 3. The number of hydrogen-bond donors (Lipinski definition) is 2. The van der Waals surface area contributed by atoms with Crippen LogP contribution in [0.15, 0.2) is 53.9 Å². The van der Waals surface area contributed by atoms with Gasteiger partial charge in [-0.15, -0.1) is 11.3 Å². The van der Waals surface area contributed by atoms with Crippen LogP contribution >= 0.6 is 11.3 Å². The van der Waals surface area contributed by atoms with Gasteiger partial charge in [0.1, 0.15) is 0 Å². The van der Waals surface area contributed by atoms with Crippen LogP contribution in [0.2, 0.25) is 0 Å². The molecular weight excluding hydrogens is 513 g/mol. The fraction of sp³-hybridized carbons (Fsp3) is 0.250. The highest BCUT2D eigenvalue weighted by Gasteiger charge is 2.73. The van der Waals surface area contributed by atoms with E-state index in [0.29, 0.717) is 22.7 Å². The average molecular weight is 532 g/mol. The molecule has 4 nitrogen and oxygen atoms in total. The molecule has 3 rings (SSSR count). The van der Waals surface area contributed by atoms with Crippen molar-refractivity contribution in [3.63, 3.8) is 0 Å². The second-order valence-electron chi connectivity index (χ2n) is 7.80. The molecule has 2 aromatic carbocycles. The van der Waals surface area contributed by atoms with Crippen LogP contribution in [-0.2, 0) is 12.1 Å². The van der Waals surface area contributed by atoms with Gasteiger partial charge in [0.25, 0.3) is 11.8 Å². The number of nitrogens with one attached hydrogen (secondary N) is 2. The summed E-state index contributed by atoms with van der Waals surface area (Å²) >= 11 is 1.22. The lowest BCUT2D eigenvalue weighted by Crippen LogP contribution is -2.50. The van der Waals surface area contributed by atoms with Crippen molar-refractivity contribution in [2.24, 2.45) is 0 Å². The van der Waals surface area contributed by atoms with Gasteiger partial charge in [0.05, 0.1) is 4.88 Å². The highest BCUT2D eigenvalue weighted by molar-refractivity contribution is 7.12. The molecule has 12 heteroatoms. The van der Waals surface area contributed by atoms with Crippen molar-refractivity contribution in [2.45, 2.75) is 38.3 Å². The number of anilines is 2. The molecule has 0 radical (unpaired) electrons. The molecule has 2 amide bonds. The lowest BCUT2D eigenvalue weighted by atomic mass is 9.89. The van der Waals surface area contributed by atoms with Crippen molar-refractivity contribution in [3.05, 3.63) is 81.0 Å². The summed E-state index contributed by atoms with van der Waals surface area (Å²) in [5.41, 5.74) is -7.17. The summed E-state index contributed by atoms with van der Waals surface area (Å²) in [7, 11) is 0. The third-order valence-corrected chi connectivity index (χ3v) is 6.21. The molecule has 36 heavy (non-hydrogen) atoms. The Bertz CT molecular complexity index is 1250. The number of rotatable bonds is 6. The lowest BCUT2D eigenvalue weighted by molar-refractivity contribution is -0.348. The van der Waals surface area contributed by atoms with Gasteiger partial charge >= 0.3 is 18.0 Å². The molecule has 3 aromatic rings. The first kappa shape index (κ1) is 27.2. The Labute approximate surface area is 205 Å². The first-order valence-electron chi connectivity index (χ1n) is 10.4. The summed E-state index contributed by atoms with van der Waals surface area (Å²) in [4.78, 5) is 25.5. The number of alkyl halides is 7. The van der Waals surface area contributed by atoms with Crippen molar-refractivity contribution in [3.8, 4) is 0 Å². The maximum absolute atomic E-state index is 14.6. The van der Waals surface area contributed by atoms with Gasteiger partial charge in [-0.2, -0.15) is 26.3 Å². The molecule has 2 N–H and O–H groups in total. The molecule has 0 bridgehead atoms. The van der Waals surface area contributed by atoms with E-state index < -0.39 is 35.4 Å². The van der Waals surface area contributed by atoms with Crippen molar-refractivity contribution < 1.29 is 40.3 Å². The number of carbonyl (C=O) groups is 2. The van der Waals surface area contributed by atoms with Crippen LogP contribution in [0.1, 0.15) is 43.6 Å². The second kappa shape index (κ2) is 9.92. The number of aryl methyl sites for hydroxylation is 2. The van der Waals surface area contributed by atoms with Crippen LogP contribution in [0.4, 0.5) is 42.1 Å². The van der Waals surface area contributed by atoms with Crippen LogP contribution in [0, 0.1) is 6.92 Å². The first-order chi connectivity index (χ1) is 16.7. The molecule has 1 aromatic heterocycles. The van der Waals surface area contributed by atoms with Crippen molar-refractivity contribution in [1.82, 2.24) is 0 Å². The van der Waals surface area contributed by atoms with E-state index in [-0.39, 0.29) is 28.8 Å². The Morgan fingerprint density at radius 2 is 1.53 bits per heavy atom. The topological polar surface area (TPSA) is 58.2 Å². The van der Waals surface area contributed by atoms with Gasteiger partial charge in [-0.25, -0.2) is 4.39 Å². The minimum atomic E-state index is -6.25. The molecule has 0 aliphatic rings. The Morgan fingerprint density at radius 3 is 2.08 bits per heavy atom. The summed E-state index contributed by atoms with van der Waals surface area (Å²) in [5, 5.41) is 6.82. The van der Waals surface area contributed by atoms with Crippen LogP contribution in [0.3, 0.4) is 0 Å². The minimum absolute atomic E-state index is 0.0361. The summed E-state index contributed by atoms with van der Waals surface area (Å²) in [6.45, 7) is 2.61. The molecule has 0 fully saturated rings. The summed E-state index contributed by atoms with van der Waals surface area (Å²) in [6, 6.07) is 9.97. The zero-order valence-electron chi connectivity index (χ0n) is 18.8. The van der Waals surface area contributed by atoms with Gasteiger partial charge in [-0.3, -0.25) is 9.59 Å². The quantitative estimate of drug-likeness (QED) is 0.325. The third kappa shape index (κ3) is 5.23. The van der Waals surface area contributed by atoms with E-state index in [1.54, 1.807) is 17.5 Å². The van der Waals surface area contributed by atoms with Gasteiger partial charge in [0, 0.05) is 22.5 Å². The van der Waals surface area contributed by atoms with Crippen LogP contribution in [-0.4, -0.2) is 24.2 Å². The number of carbonyl (C=O) groups excluding carboxylic acids is 2. The number of thiophene rings is 1. The molecular formula is C24H19F7N2O2S. The van der Waals surface area contributed by atoms with Crippen molar-refractivity contribution in [1.29, 1.82) is 0 Å². The molecule has 0 atom stereocenters. The summed E-state index contributed by atoms with van der Waals surface area (Å²) in [6.07, 6.45) is -12.6. The maximum atomic E-state index is 14.6. The van der Waals surface area contributed by atoms with Crippen LogP contribution in [0.5, 0.6) is 0 Å². The van der Waals surface area contributed by atoms with Crippen LogP contribution < -0.4 is 10.6 Å². The molecule has 0 saturated carbocycles. The summed E-state index contributed by atoms with van der Waals surface area (Å²) < 4.78 is 93.8. The smallest absolute Gasteiger partial charge is 0.321 e. The van der Waals surface area contributed by atoms with E-state index in [0.717, 1.165) is 0 Å². The van der Waals surface area contributed by atoms with Gasteiger partial charge in [-0.05, 0) is 60.2 Å². The predicted octanol–water partition coefficient (Wildman–Crippen LogP) is 7.41. The van der Waals surface area contributed by atoms with Gasteiger partial charge < -0.3 is 10.6 Å². The molecule has 0 aliphatic heterocycles. The third-order valence-electron chi connectivity index (χ3n) is 5.34. The monoisotopic (exact) mass is 532 g/mol. The van der Waals surface area contributed by atoms with Gasteiger partial charge in [0.15, 0.2) is 0 Å². The van der Waals surface area contributed by atoms with E-state index in [9.17, 15) is 40.3 Å². The number of benzene rings is 2. The lowest BCUT2D eigenvalue weighted by Gasteiger charge is -2.31. The van der Waals surface area contributed by atoms with Crippen molar-refractivity contribution in [2.75, 3.05) is 10.6 Å². The largest absolute Gasteiger partial charge is 0.435 e. The van der Waals surface area contributed by atoms with E-state index in [1.807, 2.05) is 0 Å². The molecule has 0 spiro atoms. The number of amides is 2. The van der Waals surface area contributed by atoms with Crippen LogP contribution in [0.25, 0.3) is 0 Å². The predicted molar refractivity (Wildman–Crippen MR) is 122 cm³/mol. The summed E-state index contributed by atoms with van der Waals surface area (Å²) in [5.74, 6) is -1.13. The second-order valence-corrected chi connectivity index (χ2v) is 8.75. The van der Waals surface area contributed by atoms with Gasteiger partial charge in [-0.1, -0.05) is 25.1 Å². The first-order valence-corrected chi connectivity index (χ1v) is 11.3. The van der Waals surface area contributed by atoms with E-state index in [2.05, 4.69) is 10.6 Å². The molecule has 0 unspecified atom stereocenters. The number of halogens is 7. The molecule has 192 valence electrons. The standard InChI is InChI=1S/C24H19F7N2O2S/c1-3-14-11-16(22(25,23(26,27)28)24(29,30)31)10-13(2)19(14)33-20(34)15-6-4-7-17(12-15)32-21(35)18-8-5-9-36-18/h4-12H,3H2,1-2H3,(H,32,35)(H,33,34). The zero-order valence-corrected chi connectivity index (χ0v) is 19.6. The fourth-order valence-corrected chi connectivity index (χ4v) is 4.15. The Kier molecular flexibility index (Phi) is 7.49. The van der Waals surface area contributed by atoms with E-state index in [4.69, 9.17) is 0 Å². The molecule has 0 aliphatic carbocycles. The fourth-order valence-electron chi connectivity index (χ4n) is 3.53. The normalized spacial score (nSPS) is 12.4. The average Bonchev–Trinajstić information content (AvgIpc) is 3.33. The zero-order chi connectivity index (χ0) is 26.9. The highest BCUT2D eigenvalue weighted by atomic mass is 32.1.